The molecule has 1 heterocycles. The molecule has 0 bridgehead atoms. The first kappa shape index (κ1) is 18.7. The Bertz CT molecular complexity index is 1100. The van der Waals surface area contributed by atoms with Gasteiger partial charge < -0.3 is 14.8 Å². The highest BCUT2D eigenvalue weighted by Crippen LogP contribution is 2.24. The summed E-state index contributed by atoms with van der Waals surface area (Å²) in [6, 6.07) is 19.9. The quantitative estimate of drug-likeness (QED) is 0.469. The molecule has 4 rings (SSSR count). The number of fused-ring (bicyclic) bond motifs is 1. The highest BCUT2D eigenvalue weighted by molar-refractivity contribution is 5.88. The van der Waals surface area contributed by atoms with Gasteiger partial charge in [0.15, 0.2) is 0 Å². The van der Waals surface area contributed by atoms with Crippen molar-refractivity contribution in [1.29, 1.82) is 0 Å². The third-order valence-electron chi connectivity index (χ3n) is 4.52. The van der Waals surface area contributed by atoms with Crippen LogP contribution in [-0.4, -0.2) is 23.6 Å². The molecule has 0 radical (unpaired) electrons. The lowest BCUT2D eigenvalue weighted by Crippen LogP contribution is -2.07. The molecule has 6 heteroatoms. The second kappa shape index (κ2) is 8.56. The van der Waals surface area contributed by atoms with Gasteiger partial charge in [-0.3, -0.25) is 0 Å². The maximum absolute atomic E-state index is 13.5. The van der Waals surface area contributed by atoms with E-state index in [9.17, 15) is 4.39 Å². The molecule has 0 spiro atoms. The van der Waals surface area contributed by atoms with Gasteiger partial charge in [-0.1, -0.05) is 12.1 Å². The second-order valence-corrected chi connectivity index (χ2v) is 6.48. The summed E-state index contributed by atoms with van der Waals surface area (Å²) in [7, 11) is 1.63. The summed E-state index contributed by atoms with van der Waals surface area (Å²) < 4.78 is 24.5. The first-order valence-corrected chi connectivity index (χ1v) is 9.26. The van der Waals surface area contributed by atoms with Gasteiger partial charge >= 0.3 is 0 Å². The summed E-state index contributed by atoms with van der Waals surface area (Å²) in [5.41, 5.74) is 1.87. The zero-order valence-corrected chi connectivity index (χ0v) is 15.9. The molecule has 0 aliphatic rings. The fourth-order valence-corrected chi connectivity index (χ4v) is 3.00. The second-order valence-electron chi connectivity index (χ2n) is 6.48. The predicted molar refractivity (Wildman–Crippen MR) is 111 cm³/mol. The van der Waals surface area contributed by atoms with Crippen LogP contribution < -0.4 is 14.8 Å². The van der Waals surface area contributed by atoms with Gasteiger partial charge in [0, 0.05) is 11.9 Å². The molecular formula is C23H20FN3O2. The van der Waals surface area contributed by atoms with E-state index in [-0.39, 0.29) is 5.82 Å². The average Bonchev–Trinajstić information content (AvgIpc) is 2.76. The van der Waals surface area contributed by atoms with Crippen molar-refractivity contribution < 1.29 is 13.9 Å². The molecule has 4 aromatic rings. The van der Waals surface area contributed by atoms with Crippen LogP contribution in [0, 0.1) is 5.82 Å². The summed E-state index contributed by atoms with van der Waals surface area (Å²) >= 11 is 0. The van der Waals surface area contributed by atoms with Crippen molar-refractivity contribution in [3.63, 3.8) is 0 Å². The number of hydrogen-bond acceptors (Lipinski definition) is 5. The van der Waals surface area contributed by atoms with Gasteiger partial charge in [-0.25, -0.2) is 14.4 Å². The number of anilines is 1. The molecule has 5 nitrogen and oxygen atoms in total. The van der Waals surface area contributed by atoms with E-state index in [1.807, 2.05) is 48.5 Å². The molecular weight excluding hydrogens is 369 g/mol. The van der Waals surface area contributed by atoms with Crippen LogP contribution in [0.15, 0.2) is 73.1 Å². The normalized spacial score (nSPS) is 10.7. The van der Waals surface area contributed by atoms with Gasteiger partial charge in [-0.15, -0.1) is 0 Å². The Labute approximate surface area is 168 Å². The summed E-state index contributed by atoms with van der Waals surface area (Å²) in [5, 5.41) is 3.94. The van der Waals surface area contributed by atoms with Gasteiger partial charge in [0.2, 0.25) is 0 Å². The molecule has 0 saturated carbocycles. The Kier molecular flexibility index (Phi) is 5.52. The molecule has 0 unspecified atom stereocenters. The van der Waals surface area contributed by atoms with Crippen LogP contribution in [0.25, 0.3) is 10.9 Å². The van der Waals surface area contributed by atoms with Crippen molar-refractivity contribution >= 4 is 16.7 Å². The minimum absolute atomic E-state index is 0.303. The number of benzene rings is 3. The number of rotatable bonds is 7. The van der Waals surface area contributed by atoms with Crippen LogP contribution in [0.2, 0.25) is 0 Å². The first-order chi connectivity index (χ1) is 14.2. The molecule has 3 aromatic carbocycles. The minimum atomic E-state index is -0.303. The molecule has 0 aliphatic carbocycles. The van der Waals surface area contributed by atoms with Crippen LogP contribution in [0.5, 0.6) is 17.2 Å². The van der Waals surface area contributed by atoms with Crippen LogP contribution in [0.4, 0.5) is 10.2 Å². The van der Waals surface area contributed by atoms with E-state index in [0.717, 1.165) is 29.2 Å². The number of halogens is 1. The Morgan fingerprint density at radius 2 is 1.55 bits per heavy atom. The number of methoxy groups -OCH3 is 1. The van der Waals surface area contributed by atoms with Crippen molar-refractivity contribution in [2.24, 2.45) is 0 Å². The van der Waals surface area contributed by atoms with E-state index >= 15 is 0 Å². The Hall–Kier alpha value is -3.67. The summed E-state index contributed by atoms with van der Waals surface area (Å²) in [6.45, 7) is 0.668. The number of ether oxygens (including phenoxy) is 2. The van der Waals surface area contributed by atoms with Crippen LogP contribution in [-0.2, 0) is 6.42 Å². The van der Waals surface area contributed by atoms with Crippen molar-refractivity contribution in [2.45, 2.75) is 6.42 Å². The van der Waals surface area contributed by atoms with Crippen LogP contribution >= 0.6 is 0 Å². The zero-order valence-electron chi connectivity index (χ0n) is 15.9. The SMILES string of the molecule is COc1ccc(Oc2ccc(CCNc3ncnc4ccc(F)cc34)cc2)cc1. The van der Waals surface area contributed by atoms with E-state index in [2.05, 4.69) is 15.3 Å². The van der Waals surface area contributed by atoms with Gasteiger partial charge in [0.25, 0.3) is 0 Å². The van der Waals surface area contributed by atoms with Crippen LogP contribution in [0.3, 0.4) is 0 Å². The predicted octanol–water partition coefficient (Wildman–Crippen LogP) is 5.22. The molecule has 0 saturated heterocycles. The summed E-state index contributed by atoms with van der Waals surface area (Å²) in [4.78, 5) is 8.40. The van der Waals surface area contributed by atoms with Crippen molar-refractivity contribution in [3.8, 4) is 17.2 Å². The molecule has 0 fully saturated rings. The number of aromatic nitrogens is 2. The monoisotopic (exact) mass is 389 g/mol. The molecule has 146 valence electrons. The van der Waals surface area contributed by atoms with Crippen LogP contribution in [0.1, 0.15) is 5.56 Å². The van der Waals surface area contributed by atoms with Gasteiger partial charge in [-0.05, 0) is 66.6 Å². The fourth-order valence-electron chi connectivity index (χ4n) is 3.00. The number of hydrogen-bond donors (Lipinski definition) is 1. The lowest BCUT2D eigenvalue weighted by molar-refractivity contribution is 0.413. The standard InChI is InChI=1S/C23H20FN3O2/c1-28-18-7-9-20(10-8-18)29-19-5-2-16(3-6-19)12-13-25-23-21-14-17(24)4-11-22(21)26-15-27-23/h2-11,14-15H,12-13H2,1H3,(H,25,26,27). The van der Waals surface area contributed by atoms with E-state index in [0.29, 0.717) is 23.3 Å². The van der Waals surface area contributed by atoms with Crippen molar-refractivity contribution in [3.05, 3.63) is 84.4 Å². The average molecular weight is 389 g/mol. The zero-order chi connectivity index (χ0) is 20.1. The Morgan fingerprint density at radius 3 is 2.28 bits per heavy atom. The van der Waals surface area contributed by atoms with E-state index in [1.165, 1.54) is 18.5 Å². The maximum Gasteiger partial charge on any atom is 0.137 e. The topological polar surface area (TPSA) is 56.3 Å². The highest BCUT2D eigenvalue weighted by atomic mass is 19.1. The summed E-state index contributed by atoms with van der Waals surface area (Å²) in [6.07, 6.45) is 2.28. The number of nitrogens with zero attached hydrogens (tertiary/aromatic N) is 2. The van der Waals surface area contributed by atoms with E-state index in [1.54, 1.807) is 13.2 Å². The third kappa shape index (κ3) is 4.60. The molecule has 0 aliphatic heterocycles. The Balaban J connectivity index is 1.35. The highest BCUT2D eigenvalue weighted by Gasteiger charge is 2.05. The lowest BCUT2D eigenvalue weighted by Gasteiger charge is -2.10. The molecule has 1 N–H and O–H groups in total. The van der Waals surface area contributed by atoms with Gasteiger partial charge in [0.05, 0.1) is 12.6 Å². The van der Waals surface area contributed by atoms with Gasteiger partial charge in [0.1, 0.15) is 35.2 Å². The van der Waals surface area contributed by atoms with E-state index < -0.39 is 0 Å². The minimum Gasteiger partial charge on any atom is -0.497 e. The maximum atomic E-state index is 13.5. The Morgan fingerprint density at radius 1 is 0.862 bits per heavy atom. The fraction of sp³-hybridized carbons (Fsp3) is 0.130. The molecule has 1 aromatic heterocycles. The van der Waals surface area contributed by atoms with Crippen molar-refractivity contribution in [2.75, 3.05) is 19.0 Å². The van der Waals surface area contributed by atoms with Crippen molar-refractivity contribution in [1.82, 2.24) is 9.97 Å². The largest absolute Gasteiger partial charge is 0.497 e. The molecule has 0 atom stereocenters. The first-order valence-electron chi connectivity index (χ1n) is 9.26. The third-order valence-corrected chi connectivity index (χ3v) is 4.52. The smallest absolute Gasteiger partial charge is 0.137 e. The van der Waals surface area contributed by atoms with Gasteiger partial charge in [-0.2, -0.15) is 0 Å². The lowest BCUT2D eigenvalue weighted by atomic mass is 10.1. The summed E-state index contributed by atoms with van der Waals surface area (Å²) in [5.74, 6) is 2.64. The molecule has 29 heavy (non-hydrogen) atoms. The number of nitrogens with one attached hydrogen (secondary N) is 1. The molecule has 0 amide bonds. The van der Waals surface area contributed by atoms with E-state index in [4.69, 9.17) is 9.47 Å².